The van der Waals surface area contributed by atoms with Crippen LogP contribution in [0.1, 0.15) is 26.3 Å². The number of ether oxygens (including phenoxy) is 1. The molecule has 0 spiro atoms. The highest BCUT2D eigenvalue weighted by molar-refractivity contribution is 5.78. The molecule has 2 aromatic carbocycles. The Morgan fingerprint density at radius 1 is 1.05 bits per heavy atom. The SMILES string of the molecule is CC(=O)Cc1ccc(-c2cccc(OC(C)C)c2)cc1. The molecule has 0 N–H and O–H groups in total. The molecule has 0 radical (unpaired) electrons. The van der Waals surface area contributed by atoms with Gasteiger partial charge in [0, 0.05) is 6.42 Å². The summed E-state index contributed by atoms with van der Waals surface area (Å²) in [7, 11) is 0. The summed E-state index contributed by atoms with van der Waals surface area (Å²) in [5.74, 6) is 1.07. The summed E-state index contributed by atoms with van der Waals surface area (Å²) in [6, 6.07) is 16.2. The Hall–Kier alpha value is -2.09. The van der Waals surface area contributed by atoms with Crippen molar-refractivity contribution in [3.63, 3.8) is 0 Å². The topological polar surface area (TPSA) is 26.3 Å². The van der Waals surface area contributed by atoms with Crippen LogP contribution in [-0.4, -0.2) is 11.9 Å². The van der Waals surface area contributed by atoms with Crippen molar-refractivity contribution in [2.45, 2.75) is 33.3 Å². The van der Waals surface area contributed by atoms with Crippen LogP contribution in [-0.2, 0) is 11.2 Å². The van der Waals surface area contributed by atoms with Gasteiger partial charge in [0.15, 0.2) is 0 Å². The molecule has 0 aromatic heterocycles. The fourth-order valence-electron chi connectivity index (χ4n) is 2.12. The largest absolute Gasteiger partial charge is 0.491 e. The van der Waals surface area contributed by atoms with Crippen molar-refractivity contribution >= 4 is 5.78 Å². The number of hydrogen-bond acceptors (Lipinski definition) is 2. The van der Waals surface area contributed by atoms with Crippen molar-refractivity contribution in [1.29, 1.82) is 0 Å². The smallest absolute Gasteiger partial charge is 0.134 e. The number of carbonyl (C=O) groups is 1. The van der Waals surface area contributed by atoms with Crippen LogP contribution >= 0.6 is 0 Å². The van der Waals surface area contributed by atoms with Gasteiger partial charge in [-0.1, -0.05) is 36.4 Å². The summed E-state index contributed by atoms with van der Waals surface area (Å²) >= 11 is 0. The zero-order chi connectivity index (χ0) is 14.5. The predicted octanol–water partition coefficient (Wildman–Crippen LogP) is 4.27. The fraction of sp³-hybridized carbons (Fsp3) is 0.278. The lowest BCUT2D eigenvalue weighted by molar-refractivity contribution is -0.116. The highest BCUT2D eigenvalue weighted by Crippen LogP contribution is 2.24. The van der Waals surface area contributed by atoms with Crippen LogP contribution in [0.4, 0.5) is 0 Å². The Kier molecular flexibility index (Phi) is 4.57. The Labute approximate surface area is 120 Å². The molecule has 2 heteroatoms. The highest BCUT2D eigenvalue weighted by atomic mass is 16.5. The molecular weight excluding hydrogens is 248 g/mol. The first kappa shape index (κ1) is 14.3. The molecule has 0 heterocycles. The third-order valence-corrected chi connectivity index (χ3v) is 2.95. The van der Waals surface area contributed by atoms with Gasteiger partial charge in [-0.25, -0.2) is 0 Å². The molecule has 0 amide bonds. The summed E-state index contributed by atoms with van der Waals surface area (Å²) in [4.78, 5) is 11.1. The molecule has 2 rings (SSSR count). The minimum atomic E-state index is 0.170. The zero-order valence-corrected chi connectivity index (χ0v) is 12.2. The first-order chi connectivity index (χ1) is 9.54. The van der Waals surface area contributed by atoms with Crippen molar-refractivity contribution in [3.8, 4) is 16.9 Å². The minimum Gasteiger partial charge on any atom is -0.491 e. The summed E-state index contributed by atoms with van der Waals surface area (Å²) < 4.78 is 5.71. The van der Waals surface area contributed by atoms with E-state index in [2.05, 4.69) is 6.07 Å². The Bertz CT molecular complexity index is 583. The van der Waals surface area contributed by atoms with Gasteiger partial charge in [0.05, 0.1) is 6.10 Å². The summed E-state index contributed by atoms with van der Waals surface area (Å²) in [6.45, 7) is 5.65. The van der Waals surface area contributed by atoms with Gasteiger partial charge in [0.2, 0.25) is 0 Å². The molecule has 0 atom stereocenters. The van der Waals surface area contributed by atoms with Gasteiger partial charge in [0.1, 0.15) is 11.5 Å². The van der Waals surface area contributed by atoms with E-state index in [-0.39, 0.29) is 11.9 Å². The van der Waals surface area contributed by atoms with E-state index in [1.807, 2.05) is 56.3 Å². The Morgan fingerprint density at radius 3 is 2.35 bits per heavy atom. The first-order valence-electron chi connectivity index (χ1n) is 6.90. The number of rotatable bonds is 5. The molecule has 2 nitrogen and oxygen atoms in total. The van der Waals surface area contributed by atoms with E-state index in [9.17, 15) is 4.79 Å². The monoisotopic (exact) mass is 268 g/mol. The van der Waals surface area contributed by atoms with Gasteiger partial charge in [-0.3, -0.25) is 4.79 Å². The second kappa shape index (κ2) is 6.38. The van der Waals surface area contributed by atoms with Crippen LogP contribution in [0.15, 0.2) is 48.5 Å². The third kappa shape index (κ3) is 3.95. The Morgan fingerprint density at radius 2 is 1.75 bits per heavy atom. The first-order valence-corrected chi connectivity index (χ1v) is 6.90. The lowest BCUT2D eigenvalue weighted by Crippen LogP contribution is -2.05. The van der Waals surface area contributed by atoms with E-state index in [1.165, 1.54) is 0 Å². The second-order valence-corrected chi connectivity index (χ2v) is 5.27. The lowest BCUT2D eigenvalue weighted by Gasteiger charge is -2.11. The normalized spacial score (nSPS) is 10.6. The maximum Gasteiger partial charge on any atom is 0.134 e. The molecule has 0 unspecified atom stereocenters. The van der Waals surface area contributed by atoms with Crippen LogP contribution in [0.5, 0.6) is 5.75 Å². The van der Waals surface area contributed by atoms with Crippen LogP contribution in [0.25, 0.3) is 11.1 Å². The van der Waals surface area contributed by atoms with Crippen molar-refractivity contribution in [1.82, 2.24) is 0 Å². The third-order valence-electron chi connectivity index (χ3n) is 2.95. The quantitative estimate of drug-likeness (QED) is 0.809. The highest BCUT2D eigenvalue weighted by Gasteiger charge is 2.03. The van der Waals surface area contributed by atoms with Crippen molar-refractivity contribution < 1.29 is 9.53 Å². The number of hydrogen-bond donors (Lipinski definition) is 0. The molecular formula is C18H20O2. The number of carbonyl (C=O) groups excluding carboxylic acids is 1. The zero-order valence-electron chi connectivity index (χ0n) is 12.2. The molecule has 0 saturated carbocycles. The van der Waals surface area contributed by atoms with E-state index in [0.717, 1.165) is 22.4 Å². The molecule has 0 fully saturated rings. The van der Waals surface area contributed by atoms with Gasteiger partial charge >= 0.3 is 0 Å². The lowest BCUT2D eigenvalue weighted by atomic mass is 10.0. The van der Waals surface area contributed by atoms with E-state index in [1.54, 1.807) is 6.92 Å². The van der Waals surface area contributed by atoms with Crippen LogP contribution in [0.3, 0.4) is 0 Å². The van der Waals surface area contributed by atoms with Gasteiger partial charge in [0.25, 0.3) is 0 Å². The molecule has 0 aliphatic heterocycles. The standard InChI is InChI=1S/C18H20O2/c1-13(2)20-18-6-4-5-17(12-18)16-9-7-15(8-10-16)11-14(3)19/h4-10,12-13H,11H2,1-3H3. The van der Waals surface area contributed by atoms with Gasteiger partial charge < -0.3 is 4.74 Å². The van der Waals surface area contributed by atoms with E-state index < -0.39 is 0 Å². The molecule has 2 aromatic rings. The maximum absolute atomic E-state index is 11.1. The Balaban J connectivity index is 2.20. The molecule has 0 aliphatic carbocycles. The molecule has 20 heavy (non-hydrogen) atoms. The van der Waals surface area contributed by atoms with E-state index in [0.29, 0.717) is 6.42 Å². The number of Topliss-reactive ketones (excluding diaryl/α,β-unsaturated/α-hetero) is 1. The number of benzene rings is 2. The summed E-state index contributed by atoms with van der Waals surface area (Å²) in [5, 5.41) is 0. The number of ketones is 1. The molecule has 104 valence electrons. The molecule has 0 bridgehead atoms. The van der Waals surface area contributed by atoms with E-state index >= 15 is 0 Å². The van der Waals surface area contributed by atoms with Crippen LogP contribution in [0.2, 0.25) is 0 Å². The second-order valence-electron chi connectivity index (χ2n) is 5.27. The van der Waals surface area contributed by atoms with E-state index in [4.69, 9.17) is 4.74 Å². The predicted molar refractivity (Wildman–Crippen MR) is 82.0 cm³/mol. The van der Waals surface area contributed by atoms with Crippen LogP contribution < -0.4 is 4.74 Å². The minimum absolute atomic E-state index is 0.170. The van der Waals surface area contributed by atoms with Crippen molar-refractivity contribution in [3.05, 3.63) is 54.1 Å². The van der Waals surface area contributed by atoms with Crippen molar-refractivity contribution in [2.24, 2.45) is 0 Å². The summed E-state index contributed by atoms with van der Waals surface area (Å²) in [6.07, 6.45) is 0.666. The van der Waals surface area contributed by atoms with Crippen LogP contribution in [0, 0.1) is 0 Å². The maximum atomic E-state index is 11.1. The van der Waals surface area contributed by atoms with Gasteiger partial charge in [-0.15, -0.1) is 0 Å². The van der Waals surface area contributed by atoms with Gasteiger partial charge in [-0.2, -0.15) is 0 Å². The average Bonchev–Trinajstić information content (AvgIpc) is 2.38. The average molecular weight is 268 g/mol. The van der Waals surface area contributed by atoms with Gasteiger partial charge in [-0.05, 0) is 49.6 Å². The molecule has 0 saturated heterocycles. The summed E-state index contributed by atoms with van der Waals surface area (Å²) in [5.41, 5.74) is 3.31. The molecule has 0 aliphatic rings. The fourth-order valence-corrected chi connectivity index (χ4v) is 2.12. The van der Waals surface area contributed by atoms with Crippen molar-refractivity contribution in [2.75, 3.05) is 0 Å².